The third-order valence-corrected chi connectivity index (χ3v) is 5.98. The van der Waals surface area contributed by atoms with E-state index in [4.69, 9.17) is 9.98 Å². The van der Waals surface area contributed by atoms with Crippen LogP contribution in [-0.4, -0.2) is 11.9 Å². The van der Waals surface area contributed by atoms with Gasteiger partial charge in [0.15, 0.2) is 0 Å². The minimum Gasteiger partial charge on any atom is -0.326 e. The van der Waals surface area contributed by atoms with Crippen LogP contribution in [0.25, 0.3) is 0 Å². The number of benzene rings is 5. The molecule has 5 aromatic rings. The van der Waals surface area contributed by atoms with E-state index in [0.29, 0.717) is 25.0 Å². The molecule has 5 aromatic carbocycles. The van der Waals surface area contributed by atoms with E-state index < -0.39 is 0 Å². The molecule has 198 valence electrons. The first kappa shape index (κ1) is 26.3. The van der Waals surface area contributed by atoms with E-state index in [1.165, 1.54) is 0 Å². The summed E-state index contributed by atoms with van der Waals surface area (Å²) in [6, 6.07) is 48.5. The fraction of sp³-hybridized carbons (Fsp3) is 0.0588. The molecule has 0 saturated carbocycles. The molecule has 6 heteroatoms. The summed E-state index contributed by atoms with van der Waals surface area (Å²) in [5.41, 5.74) is 6.08. The van der Waals surface area contributed by atoms with Gasteiger partial charge in [-0.15, -0.1) is 0 Å². The lowest BCUT2D eigenvalue weighted by molar-refractivity contribution is 1.02. The van der Waals surface area contributed by atoms with Crippen LogP contribution in [0.5, 0.6) is 0 Å². The molecule has 0 aliphatic carbocycles. The number of para-hydroxylation sites is 4. The summed E-state index contributed by atoms with van der Waals surface area (Å²) in [6.45, 7) is 1.04. The Labute approximate surface area is 235 Å². The molecule has 0 radical (unpaired) electrons. The molecular formula is C34H32N6. The highest BCUT2D eigenvalue weighted by molar-refractivity contribution is 6.04. The number of rotatable bonds is 8. The highest BCUT2D eigenvalue weighted by Crippen LogP contribution is 2.13. The van der Waals surface area contributed by atoms with Gasteiger partial charge in [0, 0.05) is 22.7 Å². The number of guanidine groups is 2. The van der Waals surface area contributed by atoms with Crippen molar-refractivity contribution < 1.29 is 0 Å². The molecule has 0 fully saturated rings. The van der Waals surface area contributed by atoms with Gasteiger partial charge < -0.3 is 21.3 Å². The van der Waals surface area contributed by atoms with Crippen LogP contribution < -0.4 is 21.3 Å². The van der Waals surface area contributed by atoms with Gasteiger partial charge in [-0.05, 0) is 59.7 Å². The second-order valence-corrected chi connectivity index (χ2v) is 9.11. The van der Waals surface area contributed by atoms with Crippen LogP contribution in [0.15, 0.2) is 156 Å². The normalized spacial score (nSPS) is 10.2. The van der Waals surface area contributed by atoms with E-state index in [1.54, 1.807) is 0 Å². The van der Waals surface area contributed by atoms with Crippen LogP contribution in [-0.2, 0) is 13.1 Å². The first-order valence-corrected chi connectivity index (χ1v) is 13.3. The fourth-order valence-electron chi connectivity index (χ4n) is 4.02. The molecule has 40 heavy (non-hydrogen) atoms. The molecule has 0 saturated heterocycles. The van der Waals surface area contributed by atoms with Crippen molar-refractivity contribution in [3.05, 3.63) is 157 Å². The van der Waals surface area contributed by atoms with Gasteiger partial charge in [0.25, 0.3) is 0 Å². The largest absolute Gasteiger partial charge is 0.326 e. The molecule has 0 heterocycles. The maximum Gasteiger partial charge on any atom is 0.200 e. The van der Waals surface area contributed by atoms with Crippen LogP contribution in [0, 0.1) is 0 Å². The minimum atomic E-state index is 0.518. The van der Waals surface area contributed by atoms with Crippen molar-refractivity contribution in [2.75, 3.05) is 21.3 Å². The minimum absolute atomic E-state index is 0.518. The van der Waals surface area contributed by atoms with E-state index in [-0.39, 0.29) is 0 Å². The van der Waals surface area contributed by atoms with E-state index in [9.17, 15) is 0 Å². The van der Waals surface area contributed by atoms with Crippen molar-refractivity contribution in [3.63, 3.8) is 0 Å². The number of hydrogen-bond donors (Lipinski definition) is 4. The zero-order chi connectivity index (χ0) is 27.2. The number of nitrogens with one attached hydrogen (secondary N) is 4. The third kappa shape index (κ3) is 8.33. The van der Waals surface area contributed by atoms with Gasteiger partial charge in [-0.1, -0.05) is 97.1 Å². The Morgan fingerprint density at radius 3 is 0.975 bits per heavy atom. The Hall–Kier alpha value is -5.36. The molecule has 0 amide bonds. The first-order chi connectivity index (χ1) is 19.8. The second kappa shape index (κ2) is 14.0. The topological polar surface area (TPSA) is 72.8 Å². The summed E-state index contributed by atoms with van der Waals surface area (Å²) in [5, 5.41) is 13.6. The second-order valence-electron chi connectivity index (χ2n) is 9.11. The van der Waals surface area contributed by atoms with Crippen molar-refractivity contribution >= 4 is 34.7 Å². The molecule has 6 nitrogen and oxygen atoms in total. The number of aliphatic imine (C=N–C) groups is 2. The van der Waals surface area contributed by atoms with Crippen LogP contribution >= 0.6 is 0 Å². The Morgan fingerprint density at radius 2 is 0.675 bits per heavy atom. The average molecular weight is 525 g/mol. The van der Waals surface area contributed by atoms with Crippen LogP contribution in [0.4, 0.5) is 22.7 Å². The molecule has 0 atom stereocenters. The van der Waals surface area contributed by atoms with Crippen molar-refractivity contribution in [1.82, 2.24) is 0 Å². The Balaban J connectivity index is 1.31. The standard InChI is InChI=1S/C34H32N6/c1-5-16-29(17-6-1)37-33(38-30-18-7-2-8-19-30)35-25-27-14-13-15-28(24-27)26-36-34(39-31-20-9-3-10-21-31)40-32-22-11-4-12-23-32/h1-24H,25-26H2,(H2,35,37,38)(H2,36,39,40). The quantitative estimate of drug-likeness (QED) is 0.123. The van der Waals surface area contributed by atoms with Gasteiger partial charge in [-0.2, -0.15) is 0 Å². The molecule has 4 N–H and O–H groups in total. The Bertz CT molecular complexity index is 1320. The van der Waals surface area contributed by atoms with Gasteiger partial charge >= 0.3 is 0 Å². The van der Waals surface area contributed by atoms with Crippen molar-refractivity contribution in [2.45, 2.75) is 13.1 Å². The van der Waals surface area contributed by atoms with Gasteiger partial charge in [-0.3, -0.25) is 0 Å². The zero-order valence-corrected chi connectivity index (χ0v) is 22.2. The van der Waals surface area contributed by atoms with E-state index in [0.717, 1.165) is 33.9 Å². The summed E-state index contributed by atoms with van der Waals surface area (Å²) in [4.78, 5) is 9.73. The molecule has 0 aliphatic heterocycles. The highest BCUT2D eigenvalue weighted by Gasteiger charge is 2.04. The molecule has 0 spiro atoms. The van der Waals surface area contributed by atoms with E-state index >= 15 is 0 Å². The van der Waals surface area contributed by atoms with Gasteiger partial charge in [0.1, 0.15) is 0 Å². The van der Waals surface area contributed by atoms with Crippen molar-refractivity contribution in [3.8, 4) is 0 Å². The van der Waals surface area contributed by atoms with E-state index in [1.807, 2.05) is 121 Å². The maximum absolute atomic E-state index is 4.87. The molecule has 0 unspecified atom stereocenters. The summed E-state index contributed by atoms with van der Waals surface area (Å²) >= 11 is 0. The third-order valence-electron chi connectivity index (χ3n) is 5.98. The SMILES string of the molecule is c1ccc(NC(=NCc2cccc(CN=C(Nc3ccccc3)Nc3ccccc3)c2)Nc2ccccc2)cc1. The Kier molecular flexibility index (Phi) is 9.17. The monoisotopic (exact) mass is 524 g/mol. The summed E-state index contributed by atoms with van der Waals surface area (Å²) in [7, 11) is 0. The lowest BCUT2D eigenvalue weighted by Gasteiger charge is -2.13. The molecule has 0 bridgehead atoms. The first-order valence-electron chi connectivity index (χ1n) is 13.3. The lowest BCUT2D eigenvalue weighted by Crippen LogP contribution is -2.22. The number of nitrogens with zero attached hydrogens (tertiary/aromatic N) is 2. The van der Waals surface area contributed by atoms with Gasteiger partial charge in [0.05, 0.1) is 13.1 Å². The number of hydrogen-bond acceptors (Lipinski definition) is 2. The van der Waals surface area contributed by atoms with Crippen molar-refractivity contribution in [2.24, 2.45) is 9.98 Å². The summed E-state index contributed by atoms with van der Waals surface area (Å²) in [6.07, 6.45) is 0. The zero-order valence-electron chi connectivity index (χ0n) is 22.2. The van der Waals surface area contributed by atoms with Crippen LogP contribution in [0.2, 0.25) is 0 Å². The van der Waals surface area contributed by atoms with Crippen LogP contribution in [0.3, 0.4) is 0 Å². The molecule has 0 aliphatic rings. The van der Waals surface area contributed by atoms with Crippen LogP contribution in [0.1, 0.15) is 11.1 Å². The Morgan fingerprint density at radius 1 is 0.375 bits per heavy atom. The maximum atomic E-state index is 4.87. The lowest BCUT2D eigenvalue weighted by atomic mass is 10.1. The number of anilines is 4. The smallest absolute Gasteiger partial charge is 0.200 e. The highest BCUT2D eigenvalue weighted by atomic mass is 15.2. The predicted molar refractivity (Wildman–Crippen MR) is 169 cm³/mol. The predicted octanol–water partition coefficient (Wildman–Crippen LogP) is 7.85. The average Bonchev–Trinajstić information content (AvgIpc) is 3.01. The molecule has 5 rings (SSSR count). The van der Waals surface area contributed by atoms with Gasteiger partial charge in [0.2, 0.25) is 11.9 Å². The van der Waals surface area contributed by atoms with Crippen molar-refractivity contribution in [1.29, 1.82) is 0 Å². The van der Waals surface area contributed by atoms with Gasteiger partial charge in [-0.25, -0.2) is 9.98 Å². The fourth-order valence-corrected chi connectivity index (χ4v) is 4.02. The van der Waals surface area contributed by atoms with E-state index in [2.05, 4.69) is 45.5 Å². The molecule has 0 aromatic heterocycles. The summed E-state index contributed by atoms with van der Waals surface area (Å²) < 4.78 is 0. The summed E-state index contributed by atoms with van der Waals surface area (Å²) in [5.74, 6) is 1.37. The molecular weight excluding hydrogens is 492 g/mol.